The lowest BCUT2D eigenvalue weighted by atomic mass is 10.1. The van der Waals surface area contributed by atoms with Gasteiger partial charge in [-0.15, -0.1) is 0 Å². The fourth-order valence-electron chi connectivity index (χ4n) is 1.74. The molecule has 18 heavy (non-hydrogen) atoms. The highest BCUT2D eigenvalue weighted by Gasteiger charge is 2.10. The van der Waals surface area contributed by atoms with E-state index in [-0.39, 0.29) is 0 Å². The van der Waals surface area contributed by atoms with Crippen molar-refractivity contribution in [3.05, 3.63) is 30.1 Å². The predicted molar refractivity (Wildman–Crippen MR) is 69.7 cm³/mol. The van der Waals surface area contributed by atoms with Crippen molar-refractivity contribution in [2.75, 3.05) is 20.0 Å². The number of aromatic nitrogens is 2. The van der Waals surface area contributed by atoms with E-state index in [4.69, 9.17) is 15.2 Å². The number of ether oxygens (including phenoxy) is 2. The Labute approximate surface area is 106 Å². The van der Waals surface area contributed by atoms with Gasteiger partial charge in [0.1, 0.15) is 23.1 Å². The van der Waals surface area contributed by atoms with Crippen molar-refractivity contribution in [2.45, 2.75) is 6.92 Å². The molecule has 2 N–H and O–H groups in total. The normalized spacial score (nSPS) is 10.2. The van der Waals surface area contributed by atoms with E-state index < -0.39 is 0 Å². The van der Waals surface area contributed by atoms with Gasteiger partial charge in [0.05, 0.1) is 19.9 Å². The molecule has 1 aromatic heterocycles. The number of nitrogens with two attached hydrogens (primary N) is 1. The topological polar surface area (TPSA) is 70.3 Å². The van der Waals surface area contributed by atoms with Gasteiger partial charge in [0.25, 0.3) is 0 Å². The predicted octanol–water partition coefficient (Wildman–Crippen LogP) is 2.05. The van der Waals surface area contributed by atoms with E-state index in [1.54, 1.807) is 27.2 Å². The van der Waals surface area contributed by atoms with Crippen molar-refractivity contribution in [3.63, 3.8) is 0 Å². The Bertz CT molecular complexity index is 550. The lowest BCUT2D eigenvalue weighted by molar-refractivity contribution is 0.395. The van der Waals surface area contributed by atoms with E-state index >= 15 is 0 Å². The molecule has 1 heterocycles. The summed E-state index contributed by atoms with van der Waals surface area (Å²) in [7, 11) is 3.22. The number of nitrogens with zero attached hydrogens (tertiary/aromatic N) is 2. The Morgan fingerprint density at radius 2 is 1.83 bits per heavy atom. The minimum atomic E-state index is 0.440. The van der Waals surface area contributed by atoms with Crippen LogP contribution in [0.5, 0.6) is 11.5 Å². The first-order valence-electron chi connectivity index (χ1n) is 5.47. The van der Waals surface area contributed by atoms with E-state index in [0.29, 0.717) is 17.4 Å². The monoisotopic (exact) mass is 245 g/mol. The number of rotatable bonds is 3. The number of hydrogen-bond acceptors (Lipinski definition) is 5. The largest absolute Gasteiger partial charge is 0.497 e. The number of hydrogen-bond donors (Lipinski definition) is 1. The van der Waals surface area contributed by atoms with Crippen molar-refractivity contribution >= 4 is 5.82 Å². The second kappa shape index (κ2) is 4.91. The number of anilines is 1. The number of aryl methyl sites for hydroxylation is 1. The molecule has 0 aliphatic rings. The van der Waals surface area contributed by atoms with Crippen LogP contribution in [0.15, 0.2) is 24.3 Å². The van der Waals surface area contributed by atoms with Crippen LogP contribution in [0.2, 0.25) is 0 Å². The molecular weight excluding hydrogens is 230 g/mol. The quantitative estimate of drug-likeness (QED) is 0.896. The number of benzene rings is 1. The van der Waals surface area contributed by atoms with Crippen molar-refractivity contribution in [3.8, 4) is 22.8 Å². The second-order valence-electron chi connectivity index (χ2n) is 3.79. The molecule has 1 aromatic carbocycles. The standard InChI is InChI=1S/C13H15N3O2/c1-8-15-11(7-13(14)16-8)10-5-4-9(17-2)6-12(10)18-3/h4-7H,1-3H3,(H2,14,15,16). The summed E-state index contributed by atoms with van der Waals surface area (Å²) in [5, 5.41) is 0. The molecule has 0 fully saturated rings. The maximum atomic E-state index is 5.73. The van der Waals surface area contributed by atoms with Crippen LogP contribution in [0, 0.1) is 6.92 Å². The fourth-order valence-corrected chi connectivity index (χ4v) is 1.74. The Hall–Kier alpha value is -2.30. The molecule has 5 nitrogen and oxygen atoms in total. The van der Waals surface area contributed by atoms with Crippen molar-refractivity contribution < 1.29 is 9.47 Å². The Morgan fingerprint density at radius 3 is 2.44 bits per heavy atom. The molecule has 2 aromatic rings. The number of methoxy groups -OCH3 is 2. The van der Waals surface area contributed by atoms with Gasteiger partial charge in [-0.25, -0.2) is 9.97 Å². The summed E-state index contributed by atoms with van der Waals surface area (Å²) >= 11 is 0. The smallest absolute Gasteiger partial charge is 0.131 e. The molecule has 0 saturated carbocycles. The van der Waals surface area contributed by atoms with Crippen molar-refractivity contribution in [2.24, 2.45) is 0 Å². The van der Waals surface area contributed by atoms with Crippen LogP contribution in [-0.2, 0) is 0 Å². The summed E-state index contributed by atoms with van der Waals surface area (Å²) in [5.74, 6) is 2.49. The zero-order valence-electron chi connectivity index (χ0n) is 10.6. The summed E-state index contributed by atoms with van der Waals surface area (Å²) in [6.45, 7) is 1.80. The molecule has 5 heteroatoms. The Kier molecular flexibility index (Phi) is 3.32. The van der Waals surface area contributed by atoms with Crippen LogP contribution in [0.1, 0.15) is 5.82 Å². The van der Waals surface area contributed by atoms with Crippen LogP contribution >= 0.6 is 0 Å². The summed E-state index contributed by atoms with van der Waals surface area (Å²) in [6.07, 6.45) is 0. The SMILES string of the molecule is COc1ccc(-c2cc(N)nc(C)n2)c(OC)c1. The molecule has 0 atom stereocenters. The summed E-state index contributed by atoms with van der Waals surface area (Å²) in [4.78, 5) is 8.41. The first-order valence-corrected chi connectivity index (χ1v) is 5.47. The lowest BCUT2D eigenvalue weighted by Crippen LogP contribution is -1.98. The van der Waals surface area contributed by atoms with E-state index in [2.05, 4.69) is 9.97 Å². The van der Waals surface area contributed by atoms with Gasteiger partial charge in [0.2, 0.25) is 0 Å². The second-order valence-corrected chi connectivity index (χ2v) is 3.79. The zero-order chi connectivity index (χ0) is 13.1. The van der Waals surface area contributed by atoms with Gasteiger partial charge < -0.3 is 15.2 Å². The highest BCUT2D eigenvalue weighted by molar-refractivity contribution is 5.70. The molecule has 0 radical (unpaired) electrons. The van der Waals surface area contributed by atoms with Gasteiger partial charge >= 0.3 is 0 Å². The molecule has 94 valence electrons. The summed E-state index contributed by atoms with van der Waals surface area (Å²) in [6, 6.07) is 7.27. The minimum absolute atomic E-state index is 0.440. The van der Waals surface area contributed by atoms with Gasteiger partial charge in [-0.3, -0.25) is 0 Å². The minimum Gasteiger partial charge on any atom is -0.497 e. The molecule has 0 aliphatic carbocycles. The lowest BCUT2D eigenvalue weighted by Gasteiger charge is -2.10. The van der Waals surface area contributed by atoms with Gasteiger partial charge in [0, 0.05) is 17.7 Å². The average Bonchev–Trinajstić information content (AvgIpc) is 2.36. The van der Waals surface area contributed by atoms with Crippen LogP contribution < -0.4 is 15.2 Å². The fraction of sp³-hybridized carbons (Fsp3) is 0.231. The third kappa shape index (κ3) is 2.34. The van der Waals surface area contributed by atoms with E-state index in [1.807, 2.05) is 18.2 Å². The van der Waals surface area contributed by atoms with Gasteiger partial charge in [-0.05, 0) is 19.1 Å². The van der Waals surface area contributed by atoms with Crippen molar-refractivity contribution in [1.29, 1.82) is 0 Å². The first kappa shape index (κ1) is 12.2. The molecule has 0 amide bonds. The molecular formula is C13H15N3O2. The highest BCUT2D eigenvalue weighted by atomic mass is 16.5. The molecule has 2 rings (SSSR count). The molecule has 0 bridgehead atoms. The van der Waals surface area contributed by atoms with Gasteiger partial charge in [0.15, 0.2) is 0 Å². The van der Waals surface area contributed by atoms with E-state index in [0.717, 1.165) is 17.0 Å². The molecule has 0 saturated heterocycles. The summed E-state index contributed by atoms with van der Waals surface area (Å²) in [5.41, 5.74) is 7.32. The number of nitrogen functional groups attached to an aromatic ring is 1. The third-order valence-electron chi connectivity index (χ3n) is 2.54. The highest BCUT2D eigenvalue weighted by Crippen LogP contribution is 2.32. The maximum Gasteiger partial charge on any atom is 0.131 e. The molecule has 0 spiro atoms. The Morgan fingerprint density at radius 1 is 1.06 bits per heavy atom. The maximum absolute atomic E-state index is 5.73. The van der Waals surface area contributed by atoms with E-state index in [9.17, 15) is 0 Å². The summed E-state index contributed by atoms with van der Waals surface area (Å²) < 4.78 is 10.5. The van der Waals surface area contributed by atoms with Crippen molar-refractivity contribution in [1.82, 2.24) is 9.97 Å². The van der Waals surface area contributed by atoms with Crippen LogP contribution in [0.3, 0.4) is 0 Å². The third-order valence-corrected chi connectivity index (χ3v) is 2.54. The van der Waals surface area contributed by atoms with Gasteiger partial charge in [-0.1, -0.05) is 0 Å². The molecule has 0 aliphatic heterocycles. The van der Waals surface area contributed by atoms with E-state index in [1.165, 1.54) is 0 Å². The Balaban J connectivity index is 2.55. The van der Waals surface area contributed by atoms with Gasteiger partial charge in [-0.2, -0.15) is 0 Å². The van der Waals surface area contributed by atoms with Crippen LogP contribution in [-0.4, -0.2) is 24.2 Å². The average molecular weight is 245 g/mol. The zero-order valence-corrected chi connectivity index (χ0v) is 10.6. The molecule has 0 unspecified atom stereocenters. The van der Waals surface area contributed by atoms with Crippen LogP contribution in [0.4, 0.5) is 5.82 Å². The van der Waals surface area contributed by atoms with Crippen LogP contribution in [0.25, 0.3) is 11.3 Å². The first-order chi connectivity index (χ1) is 8.63.